The number of carbonyl (C=O) groups is 2. The van der Waals surface area contributed by atoms with Crippen molar-refractivity contribution in [1.29, 1.82) is 0 Å². The Morgan fingerprint density at radius 2 is 2.13 bits per heavy atom. The van der Waals surface area contributed by atoms with Crippen LogP contribution in [0.25, 0.3) is 0 Å². The molecule has 1 aromatic carbocycles. The molecule has 0 unspecified atom stereocenters. The van der Waals surface area contributed by atoms with Gasteiger partial charge in [0.25, 0.3) is 0 Å². The monoisotopic (exact) mass is 329 g/mol. The van der Waals surface area contributed by atoms with Crippen LogP contribution in [0.2, 0.25) is 0 Å². The van der Waals surface area contributed by atoms with Crippen molar-refractivity contribution in [3.63, 3.8) is 0 Å². The molecule has 5 nitrogen and oxygen atoms in total. The first-order chi connectivity index (χ1) is 11.1. The molecule has 0 saturated carbocycles. The van der Waals surface area contributed by atoms with Crippen molar-refractivity contribution in [2.45, 2.75) is 32.7 Å². The lowest BCUT2D eigenvalue weighted by molar-refractivity contribution is -0.120. The molecule has 1 saturated heterocycles. The van der Waals surface area contributed by atoms with E-state index < -0.39 is 0 Å². The first kappa shape index (κ1) is 15.7. The van der Waals surface area contributed by atoms with Crippen molar-refractivity contribution in [2.75, 3.05) is 11.4 Å². The van der Waals surface area contributed by atoms with E-state index in [0.717, 1.165) is 34.9 Å². The molecule has 0 aliphatic carbocycles. The van der Waals surface area contributed by atoms with E-state index in [-0.39, 0.29) is 11.8 Å². The fraction of sp³-hybridized carbons (Fsp3) is 0.353. The van der Waals surface area contributed by atoms with Gasteiger partial charge in [-0.1, -0.05) is 12.1 Å². The number of rotatable bonds is 5. The predicted octanol–water partition coefficient (Wildman–Crippen LogP) is 2.44. The van der Waals surface area contributed by atoms with Crippen molar-refractivity contribution in [3.05, 3.63) is 45.9 Å². The van der Waals surface area contributed by atoms with Crippen molar-refractivity contribution in [2.24, 2.45) is 0 Å². The number of aromatic nitrogens is 1. The highest BCUT2D eigenvalue weighted by Gasteiger charge is 2.21. The van der Waals surface area contributed by atoms with Gasteiger partial charge in [0.15, 0.2) is 0 Å². The largest absolute Gasteiger partial charge is 0.349 e. The highest BCUT2D eigenvalue weighted by Crippen LogP contribution is 2.21. The minimum absolute atomic E-state index is 0.0251. The highest BCUT2D eigenvalue weighted by atomic mass is 32.1. The summed E-state index contributed by atoms with van der Waals surface area (Å²) in [7, 11) is 0. The molecule has 0 bridgehead atoms. The van der Waals surface area contributed by atoms with Crippen LogP contribution in [0.3, 0.4) is 0 Å². The van der Waals surface area contributed by atoms with E-state index >= 15 is 0 Å². The van der Waals surface area contributed by atoms with E-state index in [4.69, 9.17) is 0 Å². The SMILES string of the molecule is Cc1csc(CNC(=O)Cc2ccc(N3CCCC3=O)cc2)n1. The maximum atomic E-state index is 12.0. The van der Waals surface area contributed by atoms with Crippen LogP contribution in [0.15, 0.2) is 29.6 Å². The summed E-state index contributed by atoms with van der Waals surface area (Å²) >= 11 is 1.55. The van der Waals surface area contributed by atoms with Gasteiger partial charge >= 0.3 is 0 Å². The number of nitrogens with zero attached hydrogens (tertiary/aromatic N) is 2. The van der Waals surface area contributed by atoms with Crippen molar-refractivity contribution < 1.29 is 9.59 Å². The lowest BCUT2D eigenvalue weighted by Crippen LogP contribution is -2.25. The van der Waals surface area contributed by atoms with E-state index in [1.807, 2.05) is 36.6 Å². The zero-order valence-electron chi connectivity index (χ0n) is 13.0. The maximum absolute atomic E-state index is 12.0. The van der Waals surface area contributed by atoms with Crippen molar-refractivity contribution in [1.82, 2.24) is 10.3 Å². The Bertz CT molecular complexity index is 709. The number of aryl methyl sites for hydroxylation is 1. The minimum Gasteiger partial charge on any atom is -0.349 e. The molecule has 2 amide bonds. The molecule has 23 heavy (non-hydrogen) atoms. The Kier molecular flexibility index (Phi) is 4.71. The van der Waals surface area contributed by atoms with Crippen LogP contribution >= 0.6 is 11.3 Å². The number of hydrogen-bond acceptors (Lipinski definition) is 4. The third-order valence-electron chi connectivity index (χ3n) is 3.79. The van der Waals surface area contributed by atoms with Gasteiger partial charge in [-0.25, -0.2) is 4.98 Å². The van der Waals surface area contributed by atoms with E-state index in [2.05, 4.69) is 10.3 Å². The number of thiazole rings is 1. The van der Waals surface area contributed by atoms with Crippen LogP contribution in [0, 0.1) is 6.92 Å². The fourth-order valence-corrected chi connectivity index (χ4v) is 3.33. The van der Waals surface area contributed by atoms with E-state index in [1.54, 1.807) is 16.2 Å². The molecule has 6 heteroatoms. The van der Waals surface area contributed by atoms with Gasteiger partial charge in [-0.05, 0) is 31.0 Å². The number of benzene rings is 1. The van der Waals surface area contributed by atoms with Gasteiger partial charge in [0.2, 0.25) is 11.8 Å². The minimum atomic E-state index is -0.0251. The van der Waals surface area contributed by atoms with Crippen LogP contribution in [-0.4, -0.2) is 23.3 Å². The first-order valence-electron chi connectivity index (χ1n) is 7.69. The maximum Gasteiger partial charge on any atom is 0.227 e. The van der Waals surface area contributed by atoms with E-state index in [9.17, 15) is 9.59 Å². The standard InChI is InChI=1S/C17H19N3O2S/c1-12-11-23-16(19-12)10-18-15(21)9-13-4-6-14(7-5-13)20-8-2-3-17(20)22/h4-7,11H,2-3,8-10H2,1H3,(H,18,21). The number of anilines is 1. The number of hydrogen-bond donors (Lipinski definition) is 1. The van der Waals surface area contributed by atoms with Crippen LogP contribution in [0.5, 0.6) is 0 Å². The molecule has 0 atom stereocenters. The normalized spacial score (nSPS) is 14.3. The highest BCUT2D eigenvalue weighted by molar-refractivity contribution is 7.09. The molecule has 1 aromatic heterocycles. The quantitative estimate of drug-likeness (QED) is 0.916. The Morgan fingerprint density at radius 3 is 2.74 bits per heavy atom. The lowest BCUT2D eigenvalue weighted by atomic mass is 10.1. The molecule has 0 spiro atoms. The third-order valence-corrected chi connectivity index (χ3v) is 4.76. The zero-order valence-corrected chi connectivity index (χ0v) is 13.9. The van der Waals surface area contributed by atoms with Crippen LogP contribution in [0.4, 0.5) is 5.69 Å². The Balaban J connectivity index is 1.53. The van der Waals surface area contributed by atoms with Crippen molar-refractivity contribution in [3.8, 4) is 0 Å². The average Bonchev–Trinajstić information content (AvgIpc) is 3.14. The second kappa shape index (κ2) is 6.91. The van der Waals surface area contributed by atoms with Gasteiger partial charge in [-0.3, -0.25) is 9.59 Å². The van der Waals surface area contributed by atoms with Gasteiger partial charge in [0, 0.05) is 29.7 Å². The summed E-state index contributed by atoms with van der Waals surface area (Å²) in [5.74, 6) is 0.150. The molecule has 1 aliphatic rings. The predicted molar refractivity (Wildman–Crippen MR) is 90.4 cm³/mol. The van der Waals surface area contributed by atoms with Gasteiger partial charge in [-0.2, -0.15) is 0 Å². The van der Waals surface area contributed by atoms with E-state index in [1.165, 1.54) is 0 Å². The third kappa shape index (κ3) is 3.96. The number of nitrogens with one attached hydrogen (secondary N) is 1. The smallest absolute Gasteiger partial charge is 0.227 e. The number of amides is 2. The molecular formula is C17H19N3O2S. The fourth-order valence-electron chi connectivity index (χ4n) is 2.62. The topological polar surface area (TPSA) is 62.3 Å². The molecule has 2 aromatic rings. The molecule has 2 heterocycles. The Hall–Kier alpha value is -2.21. The van der Waals surface area contributed by atoms with Crippen LogP contribution < -0.4 is 10.2 Å². The van der Waals surface area contributed by atoms with Crippen LogP contribution in [0.1, 0.15) is 29.1 Å². The lowest BCUT2D eigenvalue weighted by Gasteiger charge is -2.15. The molecule has 0 radical (unpaired) electrons. The number of carbonyl (C=O) groups excluding carboxylic acids is 2. The van der Waals surface area contributed by atoms with Gasteiger partial charge in [0.05, 0.1) is 13.0 Å². The second-order valence-electron chi connectivity index (χ2n) is 5.65. The summed E-state index contributed by atoms with van der Waals surface area (Å²) in [4.78, 5) is 29.8. The molecule has 1 N–H and O–H groups in total. The first-order valence-corrected chi connectivity index (χ1v) is 8.57. The molecular weight excluding hydrogens is 310 g/mol. The molecule has 3 rings (SSSR count). The van der Waals surface area contributed by atoms with Gasteiger partial charge < -0.3 is 10.2 Å². The average molecular weight is 329 g/mol. The van der Waals surface area contributed by atoms with E-state index in [0.29, 0.717) is 19.4 Å². The molecule has 1 aliphatic heterocycles. The van der Waals surface area contributed by atoms with Gasteiger partial charge in [0.1, 0.15) is 5.01 Å². The van der Waals surface area contributed by atoms with Crippen molar-refractivity contribution >= 4 is 28.8 Å². The summed E-state index contributed by atoms with van der Waals surface area (Å²) in [5.41, 5.74) is 2.83. The summed E-state index contributed by atoms with van der Waals surface area (Å²) in [6, 6.07) is 7.65. The summed E-state index contributed by atoms with van der Waals surface area (Å²) < 4.78 is 0. The van der Waals surface area contributed by atoms with Gasteiger partial charge in [-0.15, -0.1) is 11.3 Å². The second-order valence-corrected chi connectivity index (χ2v) is 6.59. The summed E-state index contributed by atoms with van der Waals surface area (Å²) in [5, 5.41) is 5.77. The van der Waals surface area contributed by atoms with Crippen LogP contribution in [-0.2, 0) is 22.6 Å². The molecule has 120 valence electrons. The Morgan fingerprint density at radius 1 is 1.35 bits per heavy atom. The zero-order chi connectivity index (χ0) is 16.2. The molecule has 1 fully saturated rings. The Labute approximate surface area is 139 Å². The summed E-state index contributed by atoms with van der Waals surface area (Å²) in [6.07, 6.45) is 1.87. The summed E-state index contributed by atoms with van der Waals surface area (Å²) in [6.45, 7) is 3.19.